The molecule has 0 radical (unpaired) electrons. The zero-order valence-corrected chi connectivity index (χ0v) is 23.9. The van der Waals surface area contributed by atoms with Crippen LogP contribution in [0.15, 0.2) is 158 Å². The first kappa shape index (κ1) is 25.3. The van der Waals surface area contributed by atoms with Gasteiger partial charge in [0.15, 0.2) is 5.58 Å². The van der Waals surface area contributed by atoms with Crippen LogP contribution in [0.2, 0.25) is 0 Å². The highest BCUT2D eigenvalue weighted by molar-refractivity contribution is 6.06. The summed E-state index contributed by atoms with van der Waals surface area (Å²) in [5, 5.41) is 5.97. The van der Waals surface area contributed by atoms with Crippen molar-refractivity contribution in [2.45, 2.75) is 0 Å². The molecule has 0 N–H and O–H groups in total. The first-order valence-corrected chi connectivity index (χ1v) is 14.8. The van der Waals surface area contributed by atoms with Gasteiger partial charge in [-0.3, -0.25) is 9.59 Å². The summed E-state index contributed by atoms with van der Waals surface area (Å²) in [5.74, 6) is 0. The van der Waals surface area contributed by atoms with E-state index in [1.54, 1.807) is 36.4 Å². The lowest BCUT2D eigenvalue weighted by atomic mass is 10.0. The molecule has 7 aromatic carbocycles. The molecule has 0 amide bonds. The van der Waals surface area contributed by atoms with Crippen LogP contribution < -0.4 is 15.8 Å². The van der Waals surface area contributed by atoms with Crippen LogP contribution in [0.25, 0.3) is 65.4 Å². The lowest BCUT2D eigenvalue weighted by Crippen LogP contribution is -2.13. The molecule has 0 aliphatic heterocycles. The van der Waals surface area contributed by atoms with Crippen molar-refractivity contribution in [1.29, 1.82) is 0 Å². The molecule has 45 heavy (non-hydrogen) atoms. The van der Waals surface area contributed by atoms with Crippen molar-refractivity contribution in [3.63, 3.8) is 0 Å². The van der Waals surface area contributed by atoms with Gasteiger partial charge in [-0.15, -0.1) is 0 Å². The first-order valence-electron chi connectivity index (χ1n) is 14.8. The Morgan fingerprint density at radius 3 is 1.89 bits per heavy atom. The minimum absolute atomic E-state index is 0.180. The van der Waals surface area contributed by atoms with E-state index in [-0.39, 0.29) is 10.9 Å². The van der Waals surface area contributed by atoms with Gasteiger partial charge in [0, 0.05) is 17.1 Å². The smallest absolute Gasteiger partial charge is 0.200 e. The van der Waals surface area contributed by atoms with Crippen LogP contribution in [-0.2, 0) is 0 Å². The Bertz CT molecular complexity index is 2770. The topological polar surface area (TPSA) is 63.7 Å². The lowest BCUT2D eigenvalue weighted by Gasteiger charge is -2.27. The molecule has 9 rings (SSSR count). The molecule has 0 unspecified atom stereocenters. The zero-order chi connectivity index (χ0) is 30.1. The van der Waals surface area contributed by atoms with Crippen molar-refractivity contribution in [2.24, 2.45) is 0 Å². The summed E-state index contributed by atoms with van der Waals surface area (Å²) in [7, 11) is 0. The van der Waals surface area contributed by atoms with E-state index >= 15 is 0 Å². The maximum atomic E-state index is 14.1. The van der Waals surface area contributed by atoms with Crippen LogP contribution in [0.4, 0.5) is 17.1 Å². The molecule has 5 heteroatoms. The molecule has 0 saturated carbocycles. The Hall–Kier alpha value is -6.20. The van der Waals surface area contributed by atoms with Crippen LogP contribution in [0, 0.1) is 0 Å². The average molecular weight is 582 g/mol. The SMILES string of the molecule is O=c1c2ccccc2oc2cc3oc4c(N(c5ccc6ccccc6c5)c5cccc6ccccc56)cccc4c(=O)c3cc12. The summed E-state index contributed by atoms with van der Waals surface area (Å²) in [4.78, 5) is 29.6. The van der Waals surface area contributed by atoms with Gasteiger partial charge in [0.05, 0.1) is 32.9 Å². The van der Waals surface area contributed by atoms with Crippen LogP contribution >= 0.6 is 0 Å². The van der Waals surface area contributed by atoms with E-state index in [4.69, 9.17) is 8.83 Å². The molecule has 9 aromatic rings. The first-order chi connectivity index (χ1) is 22.1. The Labute approximate surface area is 255 Å². The summed E-state index contributed by atoms with van der Waals surface area (Å²) in [6.45, 7) is 0. The number of hydrogen-bond donors (Lipinski definition) is 0. The zero-order valence-electron chi connectivity index (χ0n) is 23.9. The molecule has 0 atom stereocenters. The van der Waals surface area contributed by atoms with Crippen molar-refractivity contribution >= 4 is 82.5 Å². The molecule has 0 aliphatic rings. The second-order valence-electron chi connectivity index (χ2n) is 11.2. The summed E-state index contributed by atoms with van der Waals surface area (Å²) in [5.41, 5.74) is 3.85. The molecule has 212 valence electrons. The summed E-state index contributed by atoms with van der Waals surface area (Å²) < 4.78 is 12.8. The number of hydrogen-bond acceptors (Lipinski definition) is 5. The van der Waals surface area contributed by atoms with E-state index < -0.39 is 0 Å². The molecule has 0 fully saturated rings. The van der Waals surface area contributed by atoms with E-state index in [2.05, 4.69) is 59.5 Å². The summed E-state index contributed by atoms with van der Waals surface area (Å²) in [6.07, 6.45) is 0. The normalized spacial score (nSPS) is 11.7. The minimum atomic E-state index is -0.209. The van der Waals surface area contributed by atoms with Gasteiger partial charge in [-0.05, 0) is 64.7 Å². The second kappa shape index (κ2) is 9.66. The van der Waals surface area contributed by atoms with Gasteiger partial charge in [0.1, 0.15) is 16.7 Å². The molecular formula is C40H23NO4. The van der Waals surface area contributed by atoms with Gasteiger partial charge in [0.25, 0.3) is 0 Å². The van der Waals surface area contributed by atoms with Crippen LogP contribution in [0.3, 0.4) is 0 Å². The van der Waals surface area contributed by atoms with E-state index in [0.29, 0.717) is 43.9 Å². The Morgan fingerprint density at radius 1 is 0.400 bits per heavy atom. The van der Waals surface area contributed by atoms with Crippen LogP contribution in [-0.4, -0.2) is 0 Å². The Kier molecular flexibility index (Phi) is 5.43. The maximum Gasteiger partial charge on any atom is 0.200 e. The standard InChI is InChI=1S/C40H23NO4/c42-38-29-14-5-6-18-35(29)44-36-23-37-32(22-31(36)38)39(43)30-15-8-17-34(40(30)45-37)41(27-20-19-24-9-1-2-11-26(24)21-27)33-16-7-12-25-10-3-4-13-28(25)33/h1-23H. The highest BCUT2D eigenvalue weighted by Crippen LogP contribution is 2.43. The molecular weight excluding hydrogens is 558 g/mol. The number of fused-ring (bicyclic) bond motifs is 6. The number of anilines is 3. The van der Waals surface area contributed by atoms with E-state index in [1.807, 2.05) is 48.5 Å². The third kappa shape index (κ3) is 3.88. The molecule has 2 aromatic heterocycles. The fourth-order valence-corrected chi connectivity index (χ4v) is 6.46. The maximum absolute atomic E-state index is 14.1. The molecule has 5 nitrogen and oxygen atoms in total. The summed E-state index contributed by atoms with van der Waals surface area (Å²) >= 11 is 0. The highest BCUT2D eigenvalue weighted by Gasteiger charge is 2.22. The van der Waals surface area contributed by atoms with E-state index in [9.17, 15) is 9.59 Å². The number of benzene rings is 7. The van der Waals surface area contributed by atoms with Crippen molar-refractivity contribution in [1.82, 2.24) is 0 Å². The number of para-hydroxylation sites is 2. The predicted molar refractivity (Wildman–Crippen MR) is 183 cm³/mol. The second-order valence-corrected chi connectivity index (χ2v) is 11.2. The fraction of sp³-hybridized carbons (Fsp3) is 0. The van der Waals surface area contributed by atoms with Crippen molar-refractivity contribution < 1.29 is 8.83 Å². The van der Waals surface area contributed by atoms with Crippen molar-refractivity contribution in [3.8, 4) is 0 Å². The quantitative estimate of drug-likeness (QED) is 0.194. The number of rotatable bonds is 3. The Balaban J connectivity index is 1.37. The predicted octanol–water partition coefficient (Wildman–Crippen LogP) is 9.98. The molecule has 0 aliphatic carbocycles. The van der Waals surface area contributed by atoms with Crippen LogP contribution in [0.1, 0.15) is 0 Å². The van der Waals surface area contributed by atoms with Gasteiger partial charge < -0.3 is 13.7 Å². The van der Waals surface area contributed by atoms with Crippen molar-refractivity contribution in [2.75, 3.05) is 4.90 Å². The van der Waals surface area contributed by atoms with Crippen LogP contribution in [0.5, 0.6) is 0 Å². The third-order valence-electron chi connectivity index (χ3n) is 8.61. The minimum Gasteiger partial charge on any atom is -0.456 e. The van der Waals surface area contributed by atoms with Gasteiger partial charge in [-0.25, -0.2) is 0 Å². The van der Waals surface area contributed by atoms with E-state index in [0.717, 1.165) is 38.6 Å². The van der Waals surface area contributed by atoms with Gasteiger partial charge in [0.2, 0.25) is 10.9 Å². The molecule has 0 spiro atoms. The van der Waals surface area contributed by atoms with Gasteiger partial charge in [-0.2, -0.15) is 0 Å². The monoisotopic (exact) mass is 581 g/mol. The lowest BCUT2D eigenvalue weighted by molar-refractivity contribution is 0.646. The van der Waals surface area contributed by atoms with Gasteiger partial charge >= 0.3 is 0 Å². The third-order valence-corrected chi connectivity index (χ3v) is 8.61. The number of nitrogens with zero attached hydrogens (tertiary/aromatic N) is 1. The Morgan fingerprint density at radius 2 is 1.02 bits per heavy atom. The van der Waals surface area contributed by atoms with Crippen molar-refractivity contribution in [3.05, 3.63) is 160 Å². The summed E-state index contributed by atoms with van der Waals surface area (Å²) in [6, 6.07) is 45.1. The highest BCUT2D eigenvalue weighted by atomic mass is 16.3. The largest absolute Gasteiger partial charge is 0.456 e. The molecule has 2 heterocycles. The average Bonchev–Trinajstić information content (AvgIpc) is 3.08. The van der Waals surface area contributed by atoms with E-state index in [1.165, 1.54) is 0 Å². The molecule has 0 saturated heterocycles. The van der Waals surface area contributed by atoms with Gasteiger partial charge in [-0.1, -0.05) is 84.9 Å². The molecule has 0 bridgehead atoms. The fourth-order valence-electron chi connectivity index (χ4n) is 6.46.